The molecule has 78 valence electrons. The van der Waals surface area contributed by atoms with Crippen LogP contribution in [0.1, 0.15) is 12.8 Å². The topological polar surface area (TPSA) is 56.8 Å². The molecular formula is C10H16N2O2. The molecule has 0 saturated heterocycles. The third kappa shape index (κ3) is 1.96. The van der Waals surface area contributed by atoms with E-state index in [-0.39, 0.29) is 12.1 Å². The Balaban J connectivity index is 2.03. The summed E-state index contributed by atoms with van der Waals surface area (Å²) in [6, 6.07) is 0. The van der Waals surface area contributed by atoms with Crippen LogP contribution < -0.4 is 5.73 Å². The second-order valence-electron chi connectivity index (χ2n) is 3.65. The molecular weight excluding hydrogens is 180 g/mol. The normalized spacial score (nSPS) is 31.4. The third-order valence-electron chi connectivity index (χ3n) is 2.50. The van der Waals surface area contributed by atoms with Crippen LogP contribution >= 0.6 is 0 Å². The summed E-state index contributed by atoms with van der Waals surface area (Å²) in [6.07, 6.45) is 6.16. The Kier molecular flexibility index (Phi) is 2.84. The van der Waals surface area contributed by atoms with E-state index in [1.54, 1.807) is 13.3 Å². The average molecular weight is 196 g/mol. The standard InChI is InChI=1S/C10H16N2O2/c1-13-10-8(6-11)9(4-5-12-10)14-7-2-3-7/h4-5,7-8,10H,2-3,6,11H2,1H3. The van der Waals surface area contributed by atoms with Crippen LogP contribution in [0.2, 0.25) is 0 Å². The number of hydrogen-bond donors (Lipinski definition) is 1. The van der Waals surface area contributed by atoms with Crippen LogP contribution in [0.15, 0.2) is 16.8 Å². The lowest BCUT2D eigenvalue weighted by atomic mass is 10.0. The lowest BCUT2D eigenvalue weighted by molar-refractivity contribution is 0.0411. The monoisotopic (exact) mass is 196 g/mol. The van der Waals surface area contributed by atoms with Crippen molar-refractivity contribution in [3.8, 4) is 0 Å². The number of hydrogen-bond acceptors (Lipinski definition) is 4. The summed E-state index contributed by atoms with van der Waals surface area (Å²) in [4.78, 5) is 4.19. The predicted octanol–water partition coefficient (Wildman–Crippen LogP) is 0.681. The number of methoxy groups -OCH3 is 1. The van der Waals surface area contributed by atoms with Gasteiger partial charge in [-0.15, -0.1) is 0 Å². The van der Waals surface area contributed by atoms with Crippen LogP contribution in [0.5, 0.6) is 0 Å². The van der Waals surface area contributed by atoms with E-state index < -0.39 is 0 Å². The van der Waals surface area contributed by atoms with E-state index in [0.717, 1.165) is 18.6 Å². The Labute approximate surface area is 83.8 Å². The summed E-state index contributed by atoms with van der Waals surface area (Å²) in [5.74, 6) is 1.00. The van der Waals surface area contributed by atoms with Crippen LogP contribution in [-0.2, 0) is 9.47 Å². The van der Waals surface area contributed by atoms with Crippen molar-refractivity contribution >= 4 is 6.21 Å². The van der Waals surface area contributed by atoms with E-state index in [0.29, 0.717) is 12.6 Å². The van der Waals surface area contributed by atoms with Crippen LogP contribution in [0.25, 0.3) is 0 Å². The number of dihydropyridines is 1. The molecule has 0 aromatic rings. The molecule has 1 fully saturated rings. The first-order valence-corrected chi connectivity index (χ1v) is 4.98. The summed E-state index contributed by atoms with van der Waals surface area (Å²) in [5.41, 5.74) is 5.68. The van der Waals surface area contributed by atoms with Crippen molar-refractivity contribution in [2.45, 2.75) is 25.2 Å². The number of nitrogens with zero attached hydrogens (tertiary/aromatic N) is 1. The van der Waals surface area contributed by atoms with Crippen LogP contribution in [-0.4, -0.2) is 32.2 Å². The van der Waals surface area contributed by atoms with Gasteiger partial charge >= 0.3 is 0 Å². The summed E-state index contributed by atoms with van der Waals surface area (Å²) in [5, 5.41) is 0. The van der Waals surface area contributed by atoms with Gasteiger partial charge in [-0.25, -0.2) is 0 Å². The predicted molar refractivity (Wildman–Crippen MR) is 54.0 cm³/mol. The third-order valence-corrected chi connectivity index (χ3v) is 2.50. The van der Waals surface area contributed by atoms with Gasteiger partial charge in [0.05, 0.1) is 12.0 Å². The lowest BCUT2D eigenvalue weighted by Crippen LogP contribution is -2.33. The minimum atomic E-state index is -0.182. The molecule has 2 rings (SSSR count). The van der Waals surface area contributed by atoms with E-state index >= 15 is 0 Å². The van der Waals surface area contributed by atoms with Crippen molar-refractivity contribution in [2.24, 2.45) is 16.6 Å². The summed E-state index contributed by atoms with van der Waals surface area (Å²) >= 11 is 0. The molecule has 2 N–H and O–H groups in total. The van der Waals surface area contributed by atoms with E-state index in [1.807, 2.05) is 6.08 Å². The number of rotatable bonds is 4. The molecule has 1 heterocycles. The summed E-state index contributed by atoms with van der Waals surface area (Å²) in [6.45, 7) is 0.508. The van der Waals surface area contributed by atoms with E-state index in [1.165, 1.54) is 0 Å². The largest absolute Gasteiger partial charge is 0.494 e. The quantitative estimate of drug-likeness (QED) is 0.719. The highest BCUT2D eigenvalue weighted by Crippen LogP contribution is 2.31. The number of allylic oxidation sites excluding steroid dienone is 1. The van der Waals surface area contributed by atoms with Crippen LogP contribution in [0.4, 0.5) is 0 Å². The zero-order valence-electron chi connectivity index (χ0n) is 8.35. The molecule has 2 aliphatic rings. The second kappa shape index (κ2) is 4.11. The summed E-state index contributed by atoms with van der Waals surface area (Å²) in [7, 11) is 1.64. The van der Waals surface area contributed by atoms with Crippen molar-refractivity contribution in [3.63, 3.8) is 0 Å². The van der Waals surface area contributed by atoms with Crippen molar-refractivity contribution in [1.82, 2.24) is 0 Å². The minimum absolute atomic E-state index is 0.0746. The van der Waals surface area contributed by atoms with Crippen molar-refractivity contribution in [3.05, 3.63) is 11.8 Å². The van der Waals surface area contributed by atoms with Gasteiger partial charge in [0, 0.05) is 19.9 Å². The van der Waals surface area contributed by atoms with Gasteiger partial charge in [0.1, 0.15) is 5.76 Å². The maximum absolute atomic E-state index is 5.75. The molecule has 4 nitrogen and oxygen atoms in total. The molecule has 0 aromatic heterocycles. The number of aliphatic imine (C=N–C) groups is 1. The van der Waals surface area contributed by atoms with E-state index in [9.17, 15) is 0 Å². The Morgan fingerprint density at radius 3 is 2.93 bits per heavy atom. The first-order chi connectivity index (χ1) is 6.85. The molecule has 2 atom stereocenters. The highest BCUT2D eigenvalue weighted by atomic mass is 16.5. The second-order valence-corrected chi connectivity index (χ2v) is 3.65. The molecule has 4 heteroatoms. The van der Waals surface area contributed by atoms with Gasteiger partial charge in [0.25, 0.3) is 0 Å². The molecule has 0 spiro atoms. The molecule has 0 radical (unpaired) electrons. The fourth-order valence-electron chi connectivity index (χ4n) is 1.53. The van der Waals surface area contributed by atoms with Crippen molar-refractivity contribution in [1.29, 1.82) is 0 Å². The fourth-order valence-corrected chi connectivity index (χ4v) is 1.53. The van der Waals surface area contributed by atoms with Crippen molar-refractivity contribution < 1.29 is 9.47 Å². The van der Waals surface area contributed by atoms with Crippen molar-refractivity contribution in [2.75, 3.05) is 13.7 Å². The fraction of sp³-hybridized carbons (Fsp3) is 0.700. The van der Waals surface area contributed by atoms with Gasteiger partial charge in [-0.2, -0.15) is 0 Å². The molecule has 0 bridgehead atoms. The molecule has 1 saturated carbocycles. The Morgan fingerprint density at radius 1 is 1.57 bits per heavy atom. The van der Waals surface area contributed by atoms with Gasteiger partial charge in [0.2, 0.25) is 0 Å². The zero-order chi connectivity index (χ0) is 9.97. The number of nitrogens with two attached hydrogens (primary N) is 1. The molecule has 0 amide bonds. The van der Waals surface area contributed by atoms with E-state index in [2.05, 4.69) is 4.99 Å². The van der Waals surface area contributed by atoms with Gasteiger partial charge in [-0.05, 0) is 18.9 Å². The van der Waals surface area contributed by atoms with Gasteiger partial charge in [-0.1, -0.05) is 0 Å². The first-order valence-electron chi connectivity index (χ1n) is 4.98. The minimum Gasteiger partial charge on any atom is -0.494 e. The molecule has 1 aliphatic heterocycles. The Bertz CT molecular complexity index is 259. The Hall–Kier alpha value is -0.870. The molecule has 2 unspecified atom stereocenters. The average Bonchev–Trinajstić information content (AvgIpc) is 3.01. The highest BCUT2D eigenvalue weighted by molar-refractivity contribution is 5.73. The number of ether oxygens (including phenoxy) is 2. The zero-order valence-corrected chi connectivity index (χ0v) is 8.35. The highest BCUT2D eigenvalue weighted by Gasteiger charge is 2.31. The SMILES string of the molecule is COC1N=CC=C(OC2CC2)C1CN. The van der Waals surface area contributed by atoms with Crippen LogP contribution in [0, 0.1) is 5.92 Å². The molecule has 1 aliphatic carbocycles. The van der Waals surface area contributed by atoms with Crippen LogP contribution in [0.3, 0.4) is 0 Å². The summed E-state index contributed by atoms with van der Waals surface area (Å²) < 4.78 is 11.0. The molecule has 0 aromatic carbocycles. The first kappa shape index (κ1) is 9.68. The van der Waals surface area contributed by atoms with E-state index in [4.69, 9.17) is 15.2 Å². The van der Waals surface area contributed by atoms with Gasteiger partial charge in [-0.3, -0.25) is 4.99 Å². The van der Waals surface area contributed by atoms with Gasteiger partial charge < -0.3 is 15.2 Å². The molecule has 14 heavy (non-hydrogen) atoms. The van der Waals surface area contributed by atoms with Gasteiger partial charge in [0.15, 0.2) is 6.23 Å². The maximum atomic E-state index is 5.75. The smallest absolute Gasteiger partial charge is 0.158 e. The lowest BCUT2D eigenvalue weighted by Gasteiger charge is -2.26. The maximum Gasteiger partial charge on any atom is 0.158 e. The Morgan fingerprint density at radius 2 is 2.36 bits per heavy atom.